The second-order valence-corrected chi connectivity index (χ2v) is 4.54. The first-order valence-corrected chi connectivity index (χ1v) is 7.09. The number of carbonyl (C=O) groups is 1. The summed E-state index contributed by atoms with van der Waals surface area (Å²) in [7, 11) is 1.58. The van der Waals surface area contributed by atoms with Crippen LogP contribution in [0.5, 0.6) is 11.5 Å². The summed E-state index contributed by atoms with van der Waals surface area (Å²) in [5, 5.41) is 5.98. The normalized spacial score (nSPS) is 10.0. The molecule has 0 radical (unpaired) electrons. The molecule has 1 aromatic carbocycles. The van der Waals surface area contributed by atoms with Crippen LogP contribution in [-0.2, 0) is 11.3 Å². The zero-order valence-electron chi connectivity index (χ0n) is 12.8. The number of methoxy groups -OCH3 is 1. The molecule has 1 aromatic rings. The average molecular weight is 292 g/mol. The monoisotopic (exact) mass is 292 g/mol. The van der Waals surface area contributed by atoms with E-state index in [9.17, 15) is 4.79 Å². The van der Waals surface area contributed by atoms with Gasteiger partial charge in [-0.15, -0.1) is 6.58 Å². The van der Waals surface area contributed by atoms with Gasteiger partial charge in [-0.3, -0.25) is 4.79 Å². The van der Waals surface area contributed by atoms with Gasteiger partial charge in [0.05, 0.1) is 7.11 Å². The number of ether oxygens (including phenoxy) is 2. The second kappa shape index (κ2) is 9.83. The van der Waals surface area contributed by atoms with Crippen LogP contribution in [0.2, 0.25) is 0 Å². The molecule has 0 bridgehead atoms. The number of benzene rings is 1. The molecule has 0 aliphatic rings. The highest BCUT2D eigenvalue weighted by Gasteiger charge is 2.08. The summed E-state index contributed by atoms with van der Waals surface area (Å²) in [6, 6.07) is 5.72. The fraction of sp³-hybridized carbons (Fsp3) is 0.438. The van der Waals surface area contributed by atoms with Crippen LogP contribution in [0.25, 0.3) is 0 Å². The van der Waals surface area contributed by atoms with E-state index in [0.717, 1.165) is 25.1 Å². The van der Waals surface area contributed by atoms with E-state index in [1.807, 2.05) is 18.2 Å². The third kappa shape index (κ3) is 6.31. The van der Waals surface area contributed by atoms with Crippen molar-refractivity contribution in [2.45, 2.75) is 19.9 Å². The molecule has 0 saturated carbocycles. The lowest BCUT2D eigenvalue weighted by atomic mass is 10.2. The Bertz CT molecular complexity index is 461. The maximum absolute atomic E-state index is 11.5. The zero-order valence-corrected chi connectivity index (χ0v) is 12.8. The van der Waals surface area contributed by atoms with Crippen LogP contribution in [0.15, 0.2) is 30.9 Å². The number of rotatable bonds is 10. The number of hydrogen-bond acceptors (Lipinski definition) is 4. The standard InChI is InChI=1S/C16H24N2O3/c1-4-8-17-11-13-6-7-14(20-3)15(10-13)21-12-16(19)18-9-5-2/h5-7,10,17H,2,4,8-9,11-12H2,1,3H3,(H,18,19). The molecular weight excluding hydrogens is 268 g/mol. The van der Waals surface area contributed by atoms with Crippen LogP contribution >= 0.6 is 0 Å². The first kappa shape index (κ1) is 17.0. The van der Waals surface area contributed by atoms with Crippen molar-refractivity contribution in [3.05, 3.63) is 36.4 Å². The first-order chi connectivity index (χ1) is 10.2. The molecule has 116 valence electrons. The minimum atomic E-state index is -0.188. The van der Waals surface area contributed by atoms with E-state index in [2.05, 4.69) is 24.1 Å². The third-order valence-electron chi connectivity index (χ3n) is 2.79. The van der Waals surface area contributed by atoms with Crippen molar-refractivity contribution in [2.75, 3.05) is 26.8 Å². The molecular formula is C16H24N2O3. The molecule has 1 amide bonds. The van der Waals surface area contributed by atoms with Crippen molar-refractivity contribution in [1.82, 2.24) is 10.6 Å². The average Bonchev–Trinajstić information content (AvgIpc) is 2.51. The van der Waals surface area contributed by atoms with Gasteiger partial charge >= 0.3 is 0 Å². The topological polar surface area (TPSA) is 59.6 Å². The summed E-state index contributed by atoms with van der Waals surface area (Å²) in [6.45, 7) is 7.78. The van der Waals surface area contributed by atoms with E-state index in [1.165, 1.54) is 0 Å². The van der Waals surface area contributed by atoms with Gasteiger partial charge in [-0.05, 0) is 30.7 Å². The van der Waals surface area contributed by atoms with E-state index in [-0.39, 0.29) is 12.5 Å². The van der Waals surface area contributed by atoms with Crippen molar-refractivity contribution >= 4 is 5.91 Å². The van der Waals surface area contributed by atoms with E-state index >= 15 is 0 Å². The Morgan fingerprint density at radius 2 is 2.19 bits per heavy atom. The SMILES string of the molecule is C=CCNC(=O)COc1cc(CNCCC)ccc1OC. The highest BCUT2D eigenvalue weighted by Crippen LogP contribution is 2.27. The Balaban J connectivity index is 2.62. The van der Waals surface area contributed by atoms with Crippen LogP contribution in [-0.4, -0.2) is 32.7 Å². The zero-order chi connectivity index (χ0) is 15.5. The van der Waals surface area contributed by atoms with Crippen molar-refractivity contribution in [3.63, 3.8) is 0 Å². The molecule has 0 heterocycles. The molecule has 0 unspecified atom stereocenters. The summed E-state index contributed by atoms with van der Waals surface area (Å²) in [4.78, 5) is 11.5. The summed E-state index contributed by atoms with van der Waals surface area (Å²) >= 11 is 0. The summed E-state index contributed by atoms with van der Waals surface area (Å²) in [5.74, 6) is 0.999. The van der Waals surface area contributed by atoms with Gasteiger partial charge in [-0.25, -0.2) is 0 Å². The van der Waals surface area contributed by atoms with Crippen molar-refractivity contribution < 1.29 is 14.3 Å². The molecule has 5 heteroatoms. The minimum Gasteiger partial charge on any atom is -0.493 e. The Morgan fingerprint density at radius 3 is 2.86 bits per heavy atom. The molecule has 0 fully saturated rings. The Morgan fingerprint density at radius 1 is 1.38 bits per heavy atom. The van der Waals surface area contributed by atoms with E-state index in [4.69, 9.17) is 9.47 Å². The van der Waals surface area contributed by atoms with Crippen LogP contribution < -0.4 is 20.1 Å². The number of carbonyl (C=O) groups excluding carboxylic acids is 1. The lowest BCUT2D eigenvalue weighted by molar-refractivity contribution is -0.122. The quantitative estimate of drug-likeness (QED) is 0.510. The maximum atomic E-state index is 11.5. The maximum Gasteiger partial charge on any atom is 0.258 e. The van der Waals surface area contributed by atoms with E-state index < -0.39 is 0 Å². The van der Waals surface area contributed by atoms with Crippen molar-refractivity contribution in [3.8, 4) is 11.5 Å². The number of amides is 1. The molecule has 0 aliphatic heterocycles. The molecule has 2 N–H and O–H groups in total. The predicted octanol–water partition coefficient (Wildman–Crippen LogP) is 1.88. The van der Waals surface area contributed by atoms with Gasteiger partial charge < -0.3 is 20.1 Å². The van der Waals surface area contributed by atoms with Gasteiger partial charge in [0, 0.05) is 13.1 Å². The van der Waals surface area contributed by atoms with Crippen molar-refractivity contribution in [2.24, 2.45) is 0 Å². The Hall–Kier alpha value is -2.01. The number of hydrogen-bond donors (Lipinski definition) is 2. The molecule has 0 spiro atoms. The van der Waals surface area contributed by atoms with Gasteiger partial charge in [-0.1, -0.05) is 19.1 Å². The molecule has 0 atom stereocenters. The molecule has 1 rings (SSSR count). The predicted molar refractivity (Wildman–Crippen MR) is 83.7 cm³/mol. The van der Waals surface area contributed by atoms with Gasteiger partial charge in [0.1, 0.15) is 0 Å². The Kier molecular flexibility index (Phi) is 7.97. The van der Waals surface area contributed by atoms with Crippen LogP contribution in [0.1, 0.15) is 18.9 Å². The minimum absolute atomic E-state index is 0.0456. The summed E-state index contributed by atoms with van der Waals surface area (Å²) in [5.41, 5.74) is 1.09. The number of nitrogens with one attached hydrogen (secondary N) is 2. The largest absolute Gasteiger partial charge is 0.493 e. The van der Waals surface area contributed by atoms with Crippen LogP contribution in [0.4, 0.5) is 0 Å². The van der Waals surface area contributed by atoms with Crippen LogP contribution in [0.3, 0.4) is 0 Å². The van der Waals surface area contributed by atoms with Gasteiger partial charge in [0.15, 0.2) is 18.1 Å². The van der Waals surface area contributed by atoms with E-state index in [1.54, 1.807) is 13.2 Å². The molecule has 5 nitrogen and oxygen atoms in total. The fourth-order valence-corrected chi connectivity index (χ4v) is 1.73. The molecule has 0 aromatic heterocycles. The highest BCUT2D eigenvalue weighted by atomic mass is 16.5. The van der Waals surface area contributed by atoms with Gasteiger partial charge in [0.2, 0.25) is 0 Å². The van der Waals surface area contributed by atoms with Crippen molar-refractivity contribution in [1.29, 1.82) is 0 Å². The second-order valence-electron chi connectivity index (χ2n) is 4.54. The lowest BCUT2D eigenvalue weighted by Gasteiger charge is -2.12. The van der Waals surface area contributed by atoms with Gasteiger partial charge in [-0.2, -0.15) is 0 Å². The summed E-state index contributed by atoms with van der Waals surface area (Å²) < 4.78 is 10.8. The summed E-state index contributed by atoms with van der Waals surface area (Å²) in [6.07, 6.45) is 2.71. The smallest absolute Gasteiger partial charge is 0.258 e. The lowest BCUT2D eigenvalue weighted by Crippen LogP contribution is -2.28. The first-order valence-electron chi connectivity index (χ1n) is 7.09. The van der Waals surface area contributed by atoms with Crippen LogP contribution in [0, 0.1) is 0 Å². The fourth-order valence-electron chi connectivity index (χ4n) is 1.73. The third-order valence-corrected chi connectivity index (χ3v) is 2.79. The van der Waals surface area contributed by atoms with E-state index in [0.29, 0.717) is 18.0 Å². The van der Waals surface area contributed by atoms with Gasteiger partial charge in [0.25, 0.3) is 5.91 Å². The highest BCUT2D eigenvalue weighted by molar-refractivity contribution is 5.77. The molecule has 21 heavy (non-hydrogen) atoms. The Labute approximate surface area is 126 Å². The molecule has 0 aliphatic carbocycles. The molecule has 0 saturated heterocycles.